The highest BCUT2D eigenvalue weighted by Crippen LogP contribution is 2.17. The van der Waals surface area contributed by atoms with E-state index in [1.807, 2.05) is 31.3 Å². The summed E-state index contributed by atoms with van der Waals surface area (Å²) in [6, 6.07) is 13.8. The Morgan fingerprint density at radius 2 is 1.85 bits per heavy atom. The van der Waals surface area contributed by atoms with Crippen molar-refractivity contribution in [3.8, 4) is 11.4 Å². The first kappa shape index (κ1) is 17.3. The Morgan fingerprint density at radius 1 is 1.12 bits per heavy atom. The third-order valence-electron chi connectivity index (χ3n) is 3.86. The van der Waals surface area contributed by atoms with E-state index in [1.54, 1.807) is 35.1 Å². The van der Waals surface area contributed by atoms with Gasteiger partial charge in [-0.3, -0.25) is 14.5 Å². The summed E-state index contributed by atoms with van der Waals surface area (Å²) in [4.78, 5) is 28.0. The standard InChI is InChI=1S/C19H18N4O3/c1-23-17(16-5-3-4-10-20-16)11-15(22-23)12-21-18(24)13-6-8-14(9-7-13)19(25)26-2/h3-11H,12H2,1-2H3,(H,21,24). The Balaban J connectivity index is 1.66. The van der Waals surface area contributed by atoms with Crippen molar-refractivity contribution >= 4 is 11.9 Å². The molecule has 7 nitrogen and oxygen atoms in total. The zero-order valence-electron chi connectivity index (χ0n) is 14.5. The lowest BCUT2D eigenvalue weighted by Gasteiger charge is -2.04. The lowest BCUT2D eigenvalue weighted by atomic mass is 10.1. The van der Waals surface area contributed by atoms with Gasteiger partial charge in [0.1, 0.15) is 0 Å². The van der Waals surface area contributed by atoms with Crippen LogP contribution in [0.3, 0.4) is 0 Å². The number of hydrogen-bond acceptors (Lipinski definition) is 5. The van der Waals surface area contributed by atoms with E-state index in [4.69, 9.17) is 0 Å². The molecule has 0 saturated carbocycles. The molecule has 0 spiro atoms. The summed E-state index contributed by atoms with van der Waals surface area (Å²) in [7, 11) is 3.15. The van der Waals surface area contributed by atoms with Gasteiger partial charge in [-0.2, -0.15) is 5.10 Å². The van der Waals surface area contributed by atoms with Gasteiger partial charge in [0.2, 0.25) is 0 Å². The van der Waals surface area contributed by atoms with Crippen LogP contribution in [0.25, 0.3) is 11.4 Å². The number of nitrogens with one attached hydrogen (secondary N) is 1. The molecule has 0 saturated heterocycles. The molecule has 2 aromatic heterocycles. The maximum absolute atomic E-state index is 12.3. The fourth-order valence-corrected chi connectivity index (χ4v) is 2.52. The highest BCUT2D eigenvalue weighted by atomic mass is 16.5. The van der Waals surface area contributed by atoms with Crippen molar-refractivity contribution in [3.05, 3.63) is 71.5 Å². The molecule has 0 fully saturated rings. The number of amides is 1. The first-order valence-corrected chi connectivity index (χ1v) is 7.99. The summed E-state index contributed by atoms with van der Waals surface area (Å²) in [6.45, 7) is 0.290. The van der Waals surface area contributed by atoms with Crippen LogP contribution in [0.1, 0.15) is 26.4 Å². The van der Waals surface area contributed by atoms with Gasteiger partial charge in [-0.25, -0.2) is 4.79 Å². The molecule has 1 amide bonds. The van der Waals surface area contributed by atoms with Crippen LogP contribution in [0.2, 0.25) is 0 Å². The van der Waals surface area contributed by atoms with E-state index in [9.17, 15) is 9.59 Å². The summed E-state index contributed by atoms with van der Waals surface area (Å²) in [5.74, 6) is -0.682. The van der Waals surface area contributed by atoms with E-state index in [0.29, 0.717) is 11.1 Å². The van der Waals surface area contributed by atoms with E-state index < -0.39 is 5.97 Å². The lowest BCUT2D eigenvalue weighted by molar-refractivity contribution is 0.0600. The van der Waals surface area contributed by atoms with Crippen molar-refractivity contribution in [2.75, 3.05) is 7.11 Å². The first-order valence-electron chi connectivity index (χ1n) is 7.99. The molecule has 0 aliphatic heterocycles. The molecule has 2 heterocycles. The number of carbonyl (C=O) groups is 2. The number of aromatic nitrogens is 3. The normalized spacial score (nSPS) is 10.4. The maximum Gasteiger partial charge on any atom is 0.337 e. The van der Waals surface area contributed by atoms with Crippen molar-refractivity contribution in [1.82, 2.24) is 20.1 Å². The molecule has 0 unspecified atom stereocenters. The number of carbonyl (C=O) groups excluding carboxylic acids is 2. The van der Waals surface area contributed by atoms with Crippen LogP contribution < -0.4 is 5.32 Å². The minimum Gasteiger partial charge on any atom is -0.465 e. The third-order valence-corrected chi connectivity index (χ3v) is 3.86. The zero-order valence-corrected chi connectivity index (χ0v) is 14.5. The SMILES string of the molecule is COC(=O)c1ccc(C(=O)NCc2cc(-c3ccccn3)n(C)n2)cc1. The van der Waals surface area contributed by atoms with Crippen LogP contribution in [0.5, 0.6) is 0 Å². The number of hydrogen-bond donors (Lipinski definition) is 1. The van der Waals surface area contributed by atoms with Crippen molar-refractivity contribution in [2.45, 2.75) is 6.54 Å². The summed E-state index contributed by atoms with van der Waals surface area (Å²) in [5.41, 5.74) is 3.27. The van der Waals surface area contributed by atoms with Gasteiger partial charge >= 0.3 is 5.97 Å². The molecule has 0 aliphatic rings. The predicted octanol–water partition coefficient (Wildman–Crippen LogP) is 2.20. The minimum atomic E-state index is -0.438. The van der Waals surface area contributed by atoms with Crippen LogP contribution in [-0.2, 0) is 18.3 Å². The van der Waals surface area contributed by atoms with Gasteiger partial charge in [-0.15, -0.1) is 0 Å². The number of nitrogens with zero attached hydrogens (tertiary/aromatic N) is 3. The Kier molecular flexibility index (Phi) is 5.07. The molecule has 7 heteroatoms. The molecule has 3 rings (SSSR count). The van der Waals surface area contributed by atoms with Gasteiger partial charge in [0.05, 0.1) is 36.3 Å². The molecule has 132 valence electrons. The number of benzene rings is 1. The van der Waals surface area contributed by atoms with Crippen molar-refractivity contribution in [1.29, 1.82) is 0 Å². The molecule has 0 radical (unpaired) electrons. The predicted molar refractivity (Wildman–Crippen MR) is 95.4 cm³/mol. The van der Waals surface area contributed by atoms with Crippen LogP contribution in [0, 0.1) is 0 Å². The largest absolute Gasteiger partial charge is 0.465 e. The van der Waals surface area contributed by atoms with Crippen molar-refractivity contribution < 1.29 is 14.3 Å². The number of ether oxygens (including phenoxy) is 1. The number of aryl methyl sites for hydroxylation is 1. The third kappa shape index (κ3) is 3.77. The topological polar surface area (TPSA) is 86.1 Å². The summed E-state index contributed by atoms with van der Waals surface area (Å²) >= 11 is 0. The molecule has 0 atom stereocenters. The Bertz CT molecular complexity index is 918. The van der Waals surface area contributed by atoms with E-state index >= 15 is 0 Å². The zero-order chi connectivity index (χ0) is 18.5. The Hall–Kier alpha value is -3.48. The minimum absolute atomic E-state index is 0.244. The smallest absolute Gasteiger partial charge is 0.337 e. The number of esters is 1. The fourth-order valence-electron chi connectivity index (χ4n) is 2.52. The molecular weight excluding hydrogens is 332 g/mol. The van der Waals surface area contributed by atoms with Crippen molar-refractivity contribution in [3.63, 3.8) is 0 Å². The molecular formula is C19H18N4O3. The molecule has 0 aliphatic carbocycles. The van der Waals surface area contributed by atoms with E-state index in [-0.39, 0.29) is 12.5 Å². The molecule has 0 bridgehead atoms. The Morgan fingerprint density at radius 3 is 2.50 bits per heavy atom. The van der Waals surface area contributed by atoms with Gasteiger partial charge in [-0.1, -0.05) is 6.07 Å². The van der Waals surface area contributed by atoms with Crippen molar-refractivity contribution in [2.24, 2.45) is 7.05 Å². The molecule has 1 N–H and O–H groups in total. The number of rotatable bonds is 5. The quantitative estimate of drug-likeness (QED) is 0.713. The van der Waals surface area contributed by atoms with E-state index in [2.05, 4.69) is 20.1 Å². The molecule has 1 aromatic carbocycles. The van der Waals surface area contributed by atoms with Crippen LogP contribution in [0.15, 0.2) is 54.7 Å². The highest BCUT2D eigenvalue weighted by Gasteiger charge is 2.11. The molecule has 3 aromatic rings. The maximum atomic E-state index is 12.3. The van der Waals surface area contributed by atoms with Gasteiger partial charge < -0.3 is 10.1 Å². The Labute approximate surface area is 150 Å². The van der Waals surface area contributed by atoms with Crippen LogP contribution in [0.4, 0.5) is 0 Å². The lowest BCUT2D eigenvalue weighted by Crippen LogP contribution is -2.23. The monoisotopic (exact) mass is 350 g/mol. The highest BCUT2D eigenvalue weighted by molar-refractivity contribution is 5.96. The van der Waals surface area contributed by atoms with Gasteiger partial charge in [-0.05, 0) is 42.5 Å². The number of methoxy groups -OCH3 is 1. The summed E-state index contributed by atoms with van der Waals surface area (Å²) in [5, 5.41) is 7.22. The summed E-state index contributed by atoms with van der Waals surface area (Å²) < 4.78 is 6.37. The summed E-state index contributed by atoms with van der Waals surface area (Å²) in [6.07, 6.45) is 1.72. The average Bonchev–Trinajstić information content (AvgIpc) is 3.07. The van der Waals surface area contributed by atoms with Crippen LogP contribution in [-0.4, -0.2) is 33.8 Å². The van der Waals surface area contributed by atoms with E-state index in [0.717, 1.165) is 17.1 Å². The number of pyridine rings is 1. The van der Waals surface area contributed by atoms with Crippen LogP contribution >= 0.6 is 0 Å². The van der Waals surface area contributed by atoms with Gasteiger partial charge in [0.15, 0.2) is 0 Å². The second-order valence-corrected chi connectivity index (χ2v) is 5.61. The van der Waals surface area contributed by atoms with E-state index in [1.165, 1.54) is 7.11 Å². The second kappa shape index (κ2) is 7.60. The van der Waals surface area contributed by atoms with Gasteiger partial charge in [0.25, 0.3) is 5.91 Å². The van der Waals surface area contributed by atoms with Gasteiger partial charge in [0, 0.05) is 18.8 Å². The second-order valence-electron chi connectivity index (χ2n) is 5.61. The molecule has 26 heavy (non-hydrogen) atoms. The first-order chi connectivity index (χ1) is 12.6. The average molecular weight is 350 g/mol. The fraction of sp³-hybridized carbons (Fsp3) is 0.158.